The summed E-state index contributed by atoms with van der Waals surface area (Å²) in [7, 11) is 7.25. The number of para-hydroxylation sites is 1. The van der Waals surface area contributed by atoms with Gasteiger partial charge in [-0.25, -0.2) is 0 Å². The third-order valence-corrected chi connectivity index (χ3v) is 1.94. The Bertz CT molecular complexity index is 442. The highest BCUT2D eigenvalue weighted by molar-refractivity contribution is 6.33. The SMILES string of the molecule is [B]c1nc2ccccc2cc1OC. The highest BCUT2D eigenvalue weighted by Gasteiger charge is 2.00. The van der Waals surface area contributed by atoms with Crippen molar-refractivity contribution in [1.29, 1.82) is 0 Å². The van der Waals surface area contributed by atoms with Gasteiger partial charge in [-0.15, -0.1) is 0 Å². The lowest BCUT2D eigenvalue weighted by Crippen LogP contribution is -2.11. The van der Waals surface area contributed by atoms with Crippen LogP contribution in [0, 0.1) is 0 Å². The fourth-order valence-electron chi connectivity index (χ4n) is 1.27. The number of benzene rings is 1. The van der Waals surface area contributed by atoms with E-state index in [1.54, 1.807) is 7.11 Å². The Morgan fingerprint density at radius 3 is 2.85 bits per heavy atom. The van der Waals surface area contributed by atoms with Gasteiger partial charge in [-0.2, -0.15) is 0 Å². The van der Waals surface area contributed by atoms with E-state index in [-0.39, 0.29) is 0 Å². The first-order chi connectivity index (χ1) is 6.31. The number of nitrogens with zero attached hydrogens (tertiary/aromatic N) is 1. The molecule has 1 aromatic carbocycles. The molecule has 0 unspecified atom stereocenters. The van der Waals surface area contributed by atoms with Crippen molar-refractivity contribution in [3.8, 4) is 5.75 Å². The van der Waals surface area contributed by atoms with Crippen LogP contribution in [-0.2, 0) is 0 Å². The van der Waals surface area contributed by atoms with Crippen LogP contribution in [0.3, 0.4) is 0 Å². The highest BCUT2D eigenvalue weighted by atomic mass is 16.5. The third-order valence-electron chi connectivity index (χ3n) is 1.94. The van der Waals surface area contributed by atoms with Crippen LogP contribution in [0.2, 0.25) is 0 Å². The Kier molecular flexibility index (Phi) is 1.93. The van der Waals surface area contributed by atoms with Crippen LogP contribution in [0.4, 0.5) is 0 Å². The summed E-state index contributed by atoms with van der Waals surface area (Å²) in [5.41, 5.74) is 1.32. The van der Waals surface area contributed by atoms with Crippen LogP contribution in [0.1, 0.15) is 0 Å². The molecular formula is C10H8BNO. The van der Waals surface area contributed by atoms with E-state index in [1.165, 1.54) is 0 Å². The van der Waals surface area contributed by atoms with Crippen molar-refractivity contribution in [3.63, 3.8) is 0 Å². The minimum atomic E-state index is 0.432. The minimum absolute atomic E-state index is 0.432. The summed E-state index contributed by atoms with van der Waals surface area (Å²) in [5, 5.41) is 1.04. The lowest BCUT2D eigenvalue weighted by Gasteiger charge is -2.05. The summed E-state index contributed by atoms with van der Waals surface area (Å²) in [4.78, 5) is 4.20. The van der Waals surface area contributed by atoms with Crippen LogP contribution in [0.25, 0.3) is 10.9 Å². The second kappa shape index (κ2) is 3.09. The normalized spacial score (nSPS) is 10.2. The van der Waals surface area contributed by atoms with Gasteiger partial charge in [-0.05, 0) is 12.1 Å². The molecule has 0 fully saturated rings. The molecule has 0 atom stereocenters. The van der Waals surface area contributed by atoms with Gasteiger partial charge >= 0.3 is 0 Å². The number of aromatic nitrogens is 1. The maximum Gasteiger partial charge on any atom is 0.147 e. The lowest BCUT2D eigenvalue weighted by atomic mass is 10.0. The fourth-order valence-corrected chi connectivity index (χ4v) is 1.27. The molecule has 0 N–H and O–H groups in total. The zero-order valence-electron chi connectivity index (χ0n) is 7.32. The summed E-state index contributed by atoms with van der Waals surface area (Å²) in [5.74, 6) is 0.624. The average Bonchev–Trinajstić information content (AvgIpc) is 2.17. The number of fused-ring (bicyclic) bond motifs is 1. The van der Waals surface area contributed by atoms with Crippen molar-refractivity contribution in [3.05, 3.63) is 30.3 Å². The molecule has 0 saturated heterocycles. The van der Waals surface area contributed by atoms with Gasteiger partial charge in [0.05, 0.1) is 12.6 Å². The van der Waals surface area contributed by atoms with E-state index in [2.05, 4.69) is 4.98 Å². The van der Waals surface area contributed by atoms with E-state index < -0.39 is 0 Å². The highest BCUT2D eigenvalue weighted by Crippen LogP contribution is 2.14. The van der Waals surface area contributed by atoms with Crippen LogP contribution >= 0.6 is 0 Å². The predicted octanol–water partition coefficient (Wildman–Crippen LogP) is 1.04. The molecule has 13 heavy (non-hydrogen) atoms. The smallest absolute Gasteiger partial charge is 0.147 e. The van der Waals surface area contributed by atoms with Crippen LogP contribution in [0.15, 0.2) is 30.3 Å². The van der Waals surface area contributed by atoms with Crippen molar-refractivity contribution in [2.24, 2.45) is 0 Å². The van der Waals surface area contributed by atoms with Crippen molar-refractivity contribution in [2.75, 3.05) is 7.11 Å². The van der Waals surface area contributed by atoms with Crippen LogP contribution < -0.4 is 10.3 Å². The molecule has 2 nitrogen and oxygen atoms in total. The van der Waals surface area contributed by atoms with Gasteiger partial charge in [0.15, 0.2) is 0 Å². The van der Waals surface area contributed by atoms with Crippen molar-refractivity contribution in [2.45, 2.75) is 0 Å². The zero-order chi connectivity index (χ0) is 9.26. The van der Waals surface area contributed by atoms with Gasteiger partial charge in [0.1, 0.15) is 13.6 Å². The molecule has 0 aliphatic rings. The Balaban J connectivity index is 2.74. The van der Waals surface area contributed by atoms with E-state index in [4.69, 9.17) is 12.6 Å². The molecular weight excluding hydrogens is 161 g/mol. The Hall–Kier alpha value is -1.51. The van der Waals surface area contributed by atoms with Gasteiger partial charge in [0, 0.05) is 11.0 Å². The molecule has 0 saturated carbocycles. The van der Waals surface area contributed by atoms with Crippen molar-refractivity contribution < 1.29 is 4.74 Å². The topological polar surface area (TPSA) is 22.1 Å². The molecule has 1 heterocycles. The fraction of sp³-hybridized carbons (Fsp3) is 0.100. The number of methoxy groups -OCH3 is 1. The molecule has 0 bridgehead atoms. The number of hydrogen-bond donors (Lipinski definition) is 0. The molecule has 0 spiro atoms. The molecule has 1 aromatic heterocycles. The van der Waals surface area contributed by atoms with E-state index in [9.17, 15) is 0 Å². The first-order valence-electron chi connectivity index (χ1n) is 4.00. The molecule has 2 aromatic rings. The molecule has 2 rings (SSSR count). The van der Waals surface area contributed by atoms with Gasteiger partial charge < -0.3 is 4.74 Å². The number of pyridine rings is 1. The maximum absolute atomic E-state index is 5.66. The monoisotopic (exact) mass is 169 g/mol. The number of hydrogen-bond acceptors (Lipinski definition) is 2. The number of ether oxygens (including phenoxy) is 1. The van der Waals surface area contributed by atoms with E-state index >= 15 is 0 Å². The largest absolute Gasteiger partial charge is 0.496 e. The summed E-state index contributed by atoms with van der Waals surface area (Å²) >= 11 is 0. The van der Waals surface area contributed by atoms with Crippen molar-refractivity contribution in [1.82, 2.24) is 4.98 Å². The van der Waals surface area contributed by atoms with E-state index in [1.807, 2.05) is 30.3 Å². The summed E-state index contributed by atoms with van der Waals surface area (Å²) < 4.78 is 5.07. The Labute approximate surface area is 78.0 Å². The van der Waals surface area contributed by atoms with E-state index in [0.29, 0.717) is 11.3 Å². The first-order valence-corrected chi connectivity index (χ1v) is 4.00. The quantitative estimate of drug-likeness (QED) is 0.595. The zero-order valence-corrected chi connectivity index (χ0v) is 7.32. The molecule has 0 aliphatic carbocycles. The van der Waals surface area contributed by atoms with Crippen LogP contribution in [0.5, 0.6) is 5.75 Å². The average molecular weight is 169 g/mol. The van der Waals surface area contributed by atoms with E-state index in [0.717, 1.165) is 10.9 Å². The van der Waals surface area contributed by atoms with Gasteiger partial charge in [0.25, 0.3) is 0 Å². The third kappa shape index (κ3) is 1.37. The van der Waals surface area contributed by atoms with Crippen molar-refractivity contribution >= 4 is 24.3 Å². The van der Waals surface area contributed by atoms with Gasteiger partial charge in [-0.3, -0.25) is 4.98 Å². The van der Waals surface area contributed by atoms with Gasteiger partial charge in [-0.1, -0.05) is 18.2 Å². The standard InChI is InChI=1S/C10H8BNO/c1-13-9-6-7-4-2-3-5-8(7)12-10(9)11/h2-6H,1H3. The second-order valence-electron chi connectivity index (χ2n) is 2.77. The second-order valence-corrected chi connectivity index (χ2v) is 2.77. The summed E-state index contributed by atoms with van der Waals surface area (Å²) in [6.45, 7) is 0. The minimum Gasteiger partial charge on any atom is -0.496 e. The molecule has 3 heteroatoms. The number of rotatable bonds is 1. The predicted molar refractivity (Wildman–Crippen MR) is 53.7 cm³/mol. The molecule has 0 aliphatic heterocycles. The summed E-state index contributed by atoms with van der Waals surface area (Å²) in [6, 6.07) is 9.67. The summed E-state index contributed by atoms with van der Waals surface area (Å²) in [6.07, 6.45) is 0. The molecule has 0 amide bonds. The molecule has 2 radical (unpaired) electrons. The molecule has 62 valence electrons. The van der Waals surface area contributed by atoms with Gasteiger partial charge in [0.2, 0.25) is 0 Å². The first kappa shape index (κ1) is 8.11. The Morgan fingerprint density at radius 1 is 1.31 bits per heavy atom. The lowest BCUT2D eigenvalue weighted by molar-refractivity contribution is 0.417. The Morgan fingerprint density at radius 2 is 2.08 bits per heavy atom. The van der Waals surface area contributed by atoms with Crippen LogP contribution in [-0.4, -0.2) is 19.9 Å². The maximum atomic E-state index is 5.66.